The largest absolute Gasteiger partial charge is 0.449 e. The predicted octanol–water partition coefficient (Wildman–Crippen LogP) is 6.54. The van der Waals surface area contributed by atoms with Crippen molar-refractivity contribution in [3.8, 4) is 11.3 Å². The fourth-order valence-corrected chi connectivity index (χ4v) is 5.30. The van der Waals surface area contributed by atoms with Crippen molar-refractivity contribution in [1.29, 1.82) is 0 Å². The van der Waals surface area contributed by atoms with Gasteiger partial charge in [-0.3, -0.25) is 4.79 Å². The van der Waals surface area contributed by atoms with Gasteiger partial charge in [-0.15, -0.1) is 0 Å². The van der Waals surface area contributed by atoms with E-state index in [1.54, 1.807) is 6.20 Å². The van der Waals surface area contributed by atoms with Gasteiger partial charge in [0.15, 0.2) is 0 Å². The standard InChI is InChI=1S/C36H38N4O4/c1-3-4-17-29-25(2)28-18-11-12-19-30(28)31(29)23-44-36(42)40-33(24-43-22-26-13-7-5-8-14-26)35(41)38-21-34-37-20-32(39-34)27-15-9-6-10-16-27/h4-20,31,33H,3,21-24H2,1-2H3,(H,37,39)(H,38,41)(H,40,42)/b17-4-. The van der Waals surface area contributed by atoms with Crippen LogP contribution in [0.5, 0.6) is 0 Å². The summed E-state index contributed by atoms with van der Waals surface area (Å²) in [5, 5.41) is 5.59. The lowest BCUT2D eigenvalue weighted by molar-refractivity contribution is -0.124. The number of imidazole rings is 1. The third kappa shape index (κ3) is 7.71. The first-order valence-electron chi connectivity index (χ1n) is 14.9. The summed E-state index contributed by atoms with van der Waals surface area (Å²) < 4.78 is 11.6. The second-order valence-electron chi connectivity index (χ2n) is 10.7. The summed E-state index contributed by atoms with van der Waals surface area (Å²) >= 11 is 0. The molecule has 2 amide bonds. The second-order valence-corrected chi connectivity index (χ2v) is 10.7. The Bertz CT molecular complexity index is 1610. The molecule has 1 aliphatic carbocycles. The van der Waals surface area contributed by atoms with E-state index in [1.165, 1.54) is 5.57 Å². The lowest BCUT2D eigenvalue weighted by Gasteiger charge is -2.20. The minimum atomic E-state index is -0.970. The van der Waals surface area contributed by atoms with E-state index in [-0.39, 0.29) is 25.7 Å². The monoisotopic (exact) mass is 590 g/mol. The molecule has 0 spiro atoms. The van der Waals surface area contributed by atoms with Gasteiger partial charge < -0.3 is 25.1 Å². The summed E-state index contributed by atoms with van der Waals surface area (Å²) in [6.45, 7) is 4.77. The van der Waals surface area contributed by atoms with Crippen LogP contribution in [0.25, 0.3) is 16.8 Å². The number of allylic oxidation sites excluding steroid dienone is 3. The molecule has 0 radical (unpaired) electrons. The van der Waals surface area contributed by atoms with Gasteiger partial charge in [0, 0.05) is 5.92 Å². The maximum atomic E-state index is 13.3. The predicted molar refractivity (Wildman–Crippen MR) is 171 cm³/mol. The minimum Gasteiger partial charge on any atom is -0.449 e. The van der Waals surface area contributed by atoms with Crippen LogP contribution >= 0.6 is 0 Å². The number of hydrogen-bond acceptors (Lipinski definition) is 5. The van der Waals surface area contributed by atoms with E-state index in [0.717, 1.165) is 39.9 Å². The molecule has 1 heterocycles. The molecule has 1 aromatic heterocycles. The van der Waals surface area contributed by atoms with Gasteiger partial charge in [0.25, 0.3) is 0 Å². The molecule has 4 aromatic rings. The number of rotatable bonds is 13. The molecule has 3 aromatic carbocycles. The number of ether oxygens (including phenoxy) is 2. The minimum absolute atomic E-state index is 0.0288. The molecular weight excluding hydrogens is 552 g/mol. The average molecular weight is 591 g/mol. The van der Waals surface area contributed by atoms with Gasteiger partial charge in [-0.05, 0) is 46.7 Å². The number of aromatic nitrogens is 2. The summed E-state index contributed by atoms with van der Waals surface area (Å²) in [6.07, 6.45) is 6.19. The summed E-state index contributed by atoms with van der Waals surface area (Å²) in [7, 11) is 0. The first kappa shape index (κ1) is 30.5. The highest BCUT2D eigenvalue weighted by Gasteiger charge is 2.29. The Hall–Kier alpha value is -4.95. The van der Waals surface area contributed by atoms with Gasteiger partial charge >= 0.3 is 6.09 Å². The van der Waals surface area contributed by atoms with Crippen molar-refractivity contribution in [3.63, 3.8) is 0 Å². The first-order chi connectivity index (χ1) is 21.5. The number of hydrogen-bond donors (Lipinski definition) is 3. The van der Waals surface area contributed by atoms with E-state index in [4.69, 9.17) is 9.47 Å². The molecule has 0 bridgehead atoms. The molecule has 5 rings (SSSR count). The van der Waals surface area contributed by atoms with Gasteiger partial charge in [-0.1, -0.05) is 104 Å². The van der Waals surface area contributed by atoms with E-state index in [2.05, 4.69) is 58.7 Å². The van der Waals surface area contributed by atoms with E-state index in [0.29, 0.717) is 12.4 Å². The maximum absolute atomic E-state index is 13.3. The quantitative estimate of drug-likeness (QED) is 0.164. The zero-order chi connectivity index (χ0) is 30.7. The van der Waals surface area contributed by atoms with Gasteiger partial charge in [-0.25, -0.2) is 9.78 Å². The van der Waals surface area contributed by atoms with Crippen molar-refractivity contribution in [3.05, 3.63) is 131 Å². The molecule has 0 aliphatic heterocycles. The smallest absolute Gasteiger partial charge is 0.407 e. The lowest BCUT2D eigenvalue weighted by atomic mass is 9.96. The number of amides is 2. The van der Waals surface area contributed by atoms with Crippen LogP contribution in [0.4, 0.5) is 4.79 Å². The fraction of sp³-hybridized carbons (Fsp3) is 0.250. The molecule has 44 heavy (non-hydrogen) atoms. The number of fused-ring (bicyclic) bond motifs is 1. The Balaban J connectivity index is 1.22. The SMILES string of the molecule is CC/C=C\C1=C(C)c2ccccc2C1COC(=O)NC(COCc1ccccc1)C(=O)NCc1ncc(-c2ccccc2)[nH]1. The lowest BCUT2D eigenvalue weighted by Crippen LogP contribution is -2.49. The number of H-pyrrole nitrogens is 1. The number of alkyl carbamates (subject to hydrolysis) is 1. The normalized spacial score (nSPS) is 14.8. The van der Waals surface area contributed by atoms with Crippen molar-refractivity contribution in [2.75, 3.05) is 13.2 Å². The van der Waals surface area contributed by atoms with Crippen molar-refractivity contribution in [2.24, 2.45) is 0 Å². The second kappa shape index (κ2) is 15.0. The molecule has 226 valence electrons. The number of nitrogens with zero attached hydrogens (tertiary/aromatic N) is 1. The van der Waals surface area contributed by atoms with Crippen LogP contribution in [0.15, 0.2) is 109 Å². The Kier molecular flexibility index (Phi) is 10.4. The molecule has 0 saturated heterocycles. The summed E-state index contributed by atoms with van der Waals surface area (Å²) in [5.41, 5.74) is 7.42. The molecule has 8 nitrogen and oxygen atoms in total. The molecule has 0 saturated carbocycles. The summed E-state index contributed by atoms with van der Waals surface area (Å²) in [4.78, 5) is 34.0. The third-order valence-electron chi connectivity index (χ3n) is 7.61. The average Bonchev–Trinajstić information content (AvgIpc) is 3.64. The Morgan fingerprint density at radius 1 is 1.00 bits per heavy atom. The Morgan fingerprint density at radius 2 is 1.73 bits per heavy atom. The van der Waals surface area contributed by atoms with Crippen LogP contribution < -0.4 is 10.6 Å². The van der Waals surface area contributed by atoms with Gasteiger partial charge in [0.05, 0.1) is 31.6 Å². The number of aromatic amines is 1. The summed E-state index contributed by atoms with van der Waals surface area (Å²) in [6, 6.07) is 26.7. The van der Waals surface area contributed by atoms with Crippen LogP contribution in [0.3, 0.4) is 0 Å². The zero-order valence-electron chi connectivity index (χ0n) is 25.1. The van der Waals surface area contributed by atoms with Crippen molar-refractivity contribution in [2.45, 2.75) is 45.4 Å². The van der Waals surface area contributed by atoms with E-state index >= 15 is 0 Å². The van der Waals surface area contributed by atoms with Crippen LogP contribution in [0.2, 0.25) is 0 Å². The zero-order valence-corrected chi connectivity index (χ0v) is 25.1. The van der Waals surface area contributed by atoms with Gasteiger partial charge in [0.1, 0.15) is 18.5 Å². The maximum Gasteiger partial charge on any atom is 0.407 e. The summed E-state index contributed by atoms with van der Waals surface area (Å²) in [5.74, 6) is 0.110. The molecule has 8 heteroatoms. The first-order valence-corrected chi connectivity index (χ1v) is 14.9. The highest BCUT2D eigenvalue weighted by Crippen LogP contribution is 2.42. The molecule has 0 fully saturated rings. The number of benzene rings is 3. The van der Waals surface area contributed by atoms with Crippen LogP contribution in [0.1, 0.15) is 48.7 Å². The third-order valence-corrected chi connectivity index (χ3v) is 7.61. The van der Waals surface area contributed by atoms with Crippen molar-refractivity contribution < 1.29 is 19.1 Å². The topological polar surface area (TPSA) is 105 Å². The number of nitrogens with one attached hydrogen (secondary N) is 3. The van der Waals surface area contributed by atoms with Crippen molar-refractivity contribution in [1.82, 2.24) is 20.6 Å². The van der Waals surface area contributed by atoms with Crippen LogP contribution in [-0.4, -0.2) is 41.2 Å². The van der Waals surface area contributed by atoms with Crippen LogP contribution in [-0.2, 0) is 27.4 Å². The highest BCUT2D eigenvalue weighted by molar-refractivity contribution is 5.86. The molecule has 2 unspecified atom stereocenters. The molecule has 2 atom stereocenters. The molecule has 1 aliphatic rings. The Morgan fingerprint density at radius 3 is 2.50 bits per heavy atom. The highest BCUT2D eigenvalue weighted by atomic mass is 16.5. The van der Waals surface area contributed by atoms with Crippen molar-refractivity contribution >= 4 is 17.6 Å². The number of carbonyl (C=O) groups excluding carboxylic acids is 2. The fourth-order valence-electron chi connectivity index (χ4n) is 5.30. The van der Waals surface area contributed by atoms with E-state index < -0.39 is 18.0 Å². The van der Waals surface area contributed by atoms with Gasteiger partial charge in [0.2, 0.25) is 5.91 Å². The van der Waals surface area contributed by atoms with Gasteiger partial charge in [-0.2, -0.15) is 0 Å². The van der Waals surface area contributed by atoms with E-state index in [1.807, 2.05) is 72.8 Å². The van der Waals surface area contributed by atoms with Crippen LogP contribution in [0, 0.1) is 0 Å². The number of carbonyl (C=O) groups is 2. The molecular formula is C36H38N4O4. The Labute approximate surface area is 258 Å². The van der Waals surface area contributed by atoms with E-state index in [9.17, 15) is 9.59 Å². The molecule has 3 N–H and O–H groups in total.